The first-order chi connectivity index (χ1) is 9.38. The molecule has 0 radical (unpaired) electrons. The molecule has 19 heavy (non-hydrogen) atoms. The molecule has 1 heterocycles. The van der Waals surface area contributed by atoms with Crippen molar-refractivity contribution in [3.63, 3.8) is 0 Å². The maximum absolute atomic E-state index is 3.59. The van der Waals surface area contributed by atoms with E-state index < -0.39 is 0 Å². The first-order valence-electron chi connectivity index (χ1n) is 6.39. The fourth-order valence-electron chi connectivity index (χ4n) is 2.37. The molecule has 0 amide bonds. The maximum Gasteiger partial charge on any atom is 0.213 e. The van der Waals surface area contributed by atoms with Gasteiger partial charge in [-0.25, -0.2) is 0 Å². The summed E-state index contributed by atoms with van der Waals surface area (Å²) in [6.45, 7) is 0.906. The van der Waals surface area contributed by atoms with Crippen molar-refractivity contribution in [2.75, 3.05) is 0 Å². The van der Waals surface area contributed by atoms with E-state index in [1.807, 2.05) is 0 Å². The second-order valence-corrected chi connectivity index (χ2v) is 5.15. The zero-order valence-corrected chi connectivity index (χ0v) is 12.2. The van der Waals surface area contributed by atoms with Crippen LogP contribution in [-0.2, 0) is 11.9 Å². The largest absolute Gasteiger partial charge is 0.213 e. The first kappa shape index (κ1) is 12.4. The summed E-state index contributed by atoms with van der Waals surface area (Å²) in [5.41, 5.74) is 3.90. The molecule has 2 aromatic carbocycles. The van der Waals surface area contributed by atoms with Crippen molar-refractivity contribution in [2.24, 2.45) is 0 Å². The highest BCUT2D eigenvalue weighted by Crippen LogP contribution is 2.13. The van der Waals surface area contributed by atoms with E-state index in [0.29, 0.717) is 0 Å². The molecule has 2 heteroatoms. The van der Waals surface area contributed by atoms with Crippen molar-refractivity contribution in [1.29, 1.82) is 0 Å². The number of alkyl halides is 1. The summed E-state index contributed by atoms with van der Waals surface area (Å²) in [4.78, 5) is 0. The molecule has 94 valence electrons. The molecule has 3 aromatic rings. The molecule has 1 nitrogen and oxygen atoms in total. The van der Waals surface area contributed by atoms with E-state index >= 15 is 0 Å². The average molecular weight is 313 g/mol. The number of rotatable bonds is 3. The zero-order valence-electron chi connectivity index (χ0n) is 10.6. The van der Waals surface area contributed by atoms with Gasteiger partial charge in [0.1, 0.15) is 0 Å². The number of nitrogens with zero attached hydrogens (tertiary/aromatic N) is 1. The molecule has 0 fully saturated rings. The minimum atomic E-state index is 0.866. The fourth-order valence-corrected chi connectivity index (χ4v) is 2.86. The van der Waals surface area contributed by atoms with Crippen LogP contribution in [0.2, 0.25) is 0 Å². The SMILES string of the molecule is BrCc1ccc2ccccc2[n+]1Cc1ccccc1. The average Bonchev–Trinajstić information content (AvgIpc) is 2.49. The van der Waals surface area contributed by atoms with E-state index in [-0.39, 0.29) is 0 Å². The molecule has 0 unspecified atom stereocenters. The van der Waals surface area contributed by atoms with Crippen LogP contribution in [0.1, 0.15) is 11.3 Å². The minimum Gasteiger partial charge on any atom is -0.190 e. The summed E-state index contributed by atoms with van der Waals surface area (Å²) in [6, 6.07) is 23.5. The number of halogens is 1. The Morgan fingerprint density at radius 2 is 1.53 bits per heavy atom. The maximum atomic E-state index is 3.59. The molecular weight excluding hydrogens is 298 g/mol. The Morgan fingerprint density at radius 1 is 0.789 bits per heavy atom. The van der Waals surface area contributed by atoms with Crippen LogP contribution in [0.5, 0.6) is 0 Å². The fraction of sp³-hybridized carbons (Fsp3) is 0.118. The van der Waals surface area contributed by atoms with Gasteiger partial charge in [0.25, 0.3) is 0 Å². The van der Waals surface area contributed by atoms with E-state index in [0.717, 1.165) is 11.9 Å². The van der Waals surface area contributed by atoms with E-state index in [1.165, 1.54) is 22.2 Å². The lowest BCUT2D eigenvalue weighted by molar-refractivity contribution is -0.668. The van der Waals surface area contributed by atoms with Gasteiger partial charge in [0.05, 0.1) is 5.33 Å². The van der Waals surface area contributed by atoms with Gasteiger partial charge < -0.3 is 0 Å². The number of para-hydroxylation sites is 1. The molecule has 0 atom stereocenters. The summed E-state index contributed by atoms with van der Waals surface area (Å²) >= 11 is 3.59. The van der Waals surface area contributed by atoms with Gasteiger partial charge in [-0.2, -0.15) is 4.57 Å². The standard InChI is InChI=1S/C17H15BrN/c18-12-16-11-10-15-8-4-5-9-17(15)19(16)13-14-6-2-1-3-7-14/h1-11H,12-13H2/q+1. The van der Waals surface area contributed by atoms with Gasteiger partial charge in [0, 0.05) is 23.1 Å². The van der Waals surface area contributed by atoms with Gasteiger partial charge in [0.2, 0.25) is 5.52 Å². The van der Waals surface area contributed by atoms with Crippen LogP contribution in [0.25, 0.3) is 10.9 Å². The van der Waals surface area contributed by atoms with Crippen molar-refractivity contribution in [3.8, 4) is 0 Å². The molecule has 0 aliphatic carbocycles. The summed E-state index contributed by atoms with van der Waals surface area (Å²) in [5.74, 6) is 0. The van der Waals surface area contributed by atoms with E-state index in [1.54, 1.807) is 0 Å². The highest BCUT2D eigenvalue weighted by atomic mass is 79.9. The molecular formula is C17H15BrN+. The molecule has 0 N–H and O–H groups in total. The summed E-state index contributed by atoms with van der Waals surface area (Å²) in [5, 5.41) is 2.15. The van der Waals surface area contributed by atoms with Crippen LogP contribution in [0.4, 0.5) is 0 Å². The Hall–Kier alpha value is -1.67. The second kappa shape index (κ2) is 5.54. The van der Waals surface area contributed by atoms with Crippen molar-refractivity contribution in [2.45, 2.75) is 11.9 Å². The summed E-state index contributed by atoms with van der Waals surface area (Å²) in [7, 11) is 0. The Kier molecular flexibility index (Phi) is 3.60. The third-order valence-corrected chi connectivity index (χ3v) is 3.92. The van der Waals surface area contributed by atoms with Crippen LogP contribution in [0, 0.1) is 0 Å². The predicted molar refractivity (Wildman–Crippen MR) is 82.3 cm³/mol. The van der Waals surface area contributed by atoms with E-state index in [4.69, 9.17) is 0 Å². The molecule has 0 aliphatic rings. The topological polar surface area (TPSA) is 3.88 Å². The molecule has 0 saturated heterocycles. The molecule has 0 spiro atoms. The third-order valence-electron chi connectivity index (χ3n) is 3.35. The molecule has 1 aromatic heterocycles. The molecule has 3 rings (SSSR count). The first-order valence-corrected chi connectivity index (χ1v) is 7.51. The summed E-state index contributed by atoms with van der Waals surface area (Å²) < 4.78 is 2.37. The van der Waals surface area contributed by atoms with Crippen molar-refractivity contribution < 1.29 is 4.57 Å². The van der Waals surface area contributed by atoms with Crippen molar-refractivity contribution >= 4 is 26.8 Å². The number of hydrogen-bond acceptors (Lipinski definition) is 0. The van der Waals surface area contributed by atoms with Crippen LogP contribution in [-0.4, -0.2) is 0 Å². The quantitative estimate of drug-likeness (QED) is 0.507. The number of benzene rings is 2. The number of pyridine rings is 1. The van der Waals surface area contributed by atoms with Gasteiger partial charge in [0.15, 0.2) is 12.2 Å². The Balaban J connectivity index is 2.15. The zero-order chi connectivity index (χ0) is 13.1. The predicted octanol–water partition coefficient (Wildman–Crippen LogP) is 4.07. The molecule has 0 bridgehead atoms. The number of fused-ring (bicyclic) bond motifs is 1. The highest BCUT2D eigenvalue weighted by molar-refractivity contribution is 9.08. The Morgan fingerprint density at radius 3 is 2.32 bits per heavy atom. The highest BCUT2D eigenvalue weighted by Gasteiger charge is 2.14. The smallest absolute Gasteiger partial charge is 0.190 e. The lowest BCUT2D eigenvalue weighted by Gasteiger charge is -2.06. The van der Waals surface area contributed by atoms with Crippen LogP contribution < -0.4 is 4.57 Å². The van der Waals surface area contributed by atoms with Crippen LogP contribution in [0.15, 0.2) is 66.7 Å². The Labute approximate surface area is 121 Å². The molecule has 0 saturated carbocycles. The lowest BCUT2D eigenvalue weighted by atomic mass is 10.1. The molecule has 0 aliphatic heterocycles. The number of hydrogen-bond donors (Lipinski definition) is 0. The third kappa shape index (κ3) is 2.54. The number of aromatic nitrogens is 1. The van der Waals surface area contributed by atoms with Crippen molar-refractivity contribution in [1.82, 2.24) is 0 Å². The minimum absolute atomic E-state index is 0.866. The van der Waals surface area contributed by atoms with Gasteiger partial charge in [-0.05, 0) is 12.1 Å². The second-order valence-electron chi connectivity index (χ2n) is 4.59. The van der Waals surface area contributed by atoms with Gasteiger partial charge >= 0.3 is 0 Å². The van der Waals surface area contributed by atoms with Crippen LogP contribution >= 0.6 is 15.9 Å². The van der Waals surface area contributed by atoms with E-state index in [2.05, 4.69) is 87.2 Å². The lowest BCUT2D eigenvalue weighted by Crippen LogP contribution is -2.39. The van der Waals surface area contributed by atoms with Gasteiger partial charge in [-0.15, -0.1) is 0 Å². The van der Waals surface area contributed by atoms with Crippen LogP contribution in [0.3, 0.4) is 0 Å². The van der Waals surface area contributed by atoms with Crippen molar-refractivity contribution in [3.05, 3.63) is 78.0 Å². The normalized spacial score (nSPS) is 10.8. The van der Waals surface area contributed by atoms with Gasteiger partial charge in [-0.3, -0.25) is 0 Å². The van der Waals surface area contributed by atoms with Gasteiger partial charge in [-0.1, -0.05) is 58.4 Å². The monoisotopic (exact) mass is 312 g/mol. The Bertz CT molecular complexity index is 692. The van der Waals surface area contributed by atoms with E-state index in [9.17, 15) is 0 Å². The summed E-state index contributed by atoms with van der Waals surface area (Å²) in [6.07, 6.45) is 0.